The van der Waals surface area contributed by atoms with Crippen LogP contribution in [0.4, 0.5) is 5.69 Å². The number of rotatable bonds is 2. The largest absolute Gasteiger partial charge is 0.293 e. The number of alkyl halides is 1. The first-order chi connectivity index (χ1) is 6.70. The molecule has 2 rings (SSSR count). The Bertz CT molecular complexity index is 423. The highest BCUT2D eigenvalue weighted by molar-refractivity contribution is 9.09. The molecule has 0 aliphatic carbocycles. The smallest absolute Gasteiger partial charge is 0.173 e. The normalized spacial score (nSPS) is 13.7. The van der Waals surface area contributed by atoms with Crippen molar-refractivity contribution >= 4 is 33.1 Å². The lowest BCUT2D eigenvalue weighted by molar-refractivity contribution is 0.102. The minimum Gasteiger partial charge on any atom is -0.293 e. The van der Waals surface area contributed by atoms with Crippen LogP contribution < -0.4 is 0 Å². The zero-order valence-corrected chi connectivity index (χ0v) is 9.47. The zero-order valence-electron chi connectivity index (χ0n) is 7.88. The van der Waals surface area contributed by atoms with E-state index in [-0.39, 0.29) is 5.78 Å². The number of hydrogen-bond donors (Lipinski definition) is 0. The highest BCUT2D eigenvalue weighted by Crippen LogP contribution is 2.27. The number of carbonyl (C=O) groups is 1. The Morgan fingerprint density at radius 2 is 2.36 bits per heavy atom. The summed E-state index contributed by atoms with van der Waals surface area (Å²) in [6.45, 7) is 2.01. The van der Waals surface area contributed by atoms with Crippen LogP contribution in [0.5, 0.6) is 0 Å². The molecule has 0 bridgehead atoms. The first kappa shape index (κ1) is 9.59. The van der Waals surface area contributed by atoms with E-state index in [4.69, 9.17) is 0 Å². The van der Waals surface area contributed by atoms with Gasteiger partial charge in [-0.15, -0.1) is 0 Å². The van der Waals surface area contributed by atoms with Crippen molar-refractivity contribution in [3.05, 3.63) is 29.3 Å². The Labute approximate surface area is 91.2 Å². The van der Waals surface area contributed by atoms with Crippen LogP contribution in [0, 0.1) is 0 Å². The van der Waals surface area contributed by atoms with Crippen molar-refractivity contribution in [1.29, 1.82) is 0 Å². The van der Waals surface area contributed by atoms with E-state index in [0.717, 1.165) is 28.9 Å². The van der Waals surface area contributed by atoms with Crippen LogP contribution in [0.15, 0.2) is 23.2 Å². The number of fused-ring (bicyclic) bond motifs is 1. The van der Waals surface area contributed by atoms with E-state index in [1.165, 1.54) is 0 Å². The molecule has 3 heteroatoms. The first-order valence-corrected chi connectivity index (χ1v) is 5.59. The molecule has 0 unspecified atom stereocenters. The highest BCUT2D eigenvalue weighted by atomic mass is 79.9. The lowest BCUT2D eigenvalue weighted by atomic mass is 10.0. The van der Waals surface area contributed by atoms with Crippen LogP contribution in [0.1, 0.15) is 22.8 Å². The maximum Gasteiger partial charge on any atom is 0.173 e. The molecule has 0 fully saturated rings. The Hall–Kier alpha value is -0.960. The van der Waals surface area contributed by atoms with Gasteiger partial charge in [-0.1, -0.05) is 15.9 Å². The average Bonchev–Trinajstić information content (AvgIpc) is 2.55. The summed E-state index contributed by atoms with van der Waals surface area (Å²) in [7, 11) is 0. The summed E-state index contributed by atoms with van der Waals surface area (Å²) >= 11 is 3.17. The van der Waals surface area contributed by atoms with E-state index in [1.807, 2.05) is 25.1 Å². The minimum atomic E-state index is 0.123. The van der Waals surface area contributed by atoms with Crippen molar-refractivity contribution in [3.8, 4) is 0 Å². The van der Waals surface area contributed by atoms with Gasteiger partial charge in [0.25, 0.3) is 0 Å². The third kappa shape index (κ3) is 1.64. The first-order valence-electron chi connectivity index (χ1n) is 4.47. The summed E-state index contributed by atoms with van der Waals surface area (Å²) in [5.41, 5.74) is 4.05. The van der Waals surface area contributed by atoms with Gasteiger partial charge in [0, 0.05) is 17.7 Å². The van der Waals surface area contributed by atoms with E-state index >= 15 is 0 Å². The van der Waals surface area contributed by atoms with Crippen molar-refractivity contribution in [2.24, 2.45) is 4.99 Å². The second-order valence-electron chi connectivity index (χ2n) is 3.42. The van der Waals surface area contributed by atoms with E-state index in [9.17, 15) is 4.79 Å². The highest BCUT2D eigenvalue weighted by Gasteiger charge is 2.13. The summed E-state index contributed by atoms with van der Waals surface area (Å²) in [5.74, 6) is 0.123. The predicted molar refractivity (Wildman–Crippen MR) is 61.0 cm³/mol. The molecule has 0 radical (unpaired) electrons. The Morgan fingerprint density at radius 1 is 1.57 bits per heavy atom. The standard InChI is InChI=1S/C11H10BrNO/c1-7-4-9-5-8(11(14)6-12)2-3-10(9)13-7/h2-3,5H,4,6H2,1H3. The van der Waals surface area contributed by atoms with Crippen molar-refractivity contribution in [3.63, 3.8) is 0 Å². The molecule has 14 heavy (non-hydrogen) atoms. The molecule has 1 aromatic carbocycles. The van der Waals surface area contributed by atoms with Gasteiger partial charge < -0.3 is 0 Å². The molecule has 1 aliphatic rings. The second kappa shape index (κ2) is 3.65. The van der Waals surface area contributed by atoms with Crippen LogP contribution in [0.25, 0.3) is 0 Å². The van der Waals surface area contributed by atoms with Gasteiger partial charge >= 0.3 is 0 Å². The van der Waals surface area contributed by atoms with Crippen LogP contribution >= 0.6 is 15.9 Å². The fraction of sp³-hybridized carbons (Fsp3) is 0.273. The number of halogens is 1. The second-order valence-corrected chi connectivity index (χ2v) is 3.98. The van der Waals surface area contributed by atoms with Crippen molar-refractivity contribution in [2.75, 3.05) is 5.33 Å². The maximum absolute atomic E-state index is 11.4. The molecule has 0 saturated heterocycles. The molecule has 0 amide bonds. The summed E-state index contributed by atoms with van der Waals surface area (Å²) < 4.78 is 0. The van der Waals surface area contributed by atoms with Gasteiger partial charge in [-0.25, -0.2) is 0 Å². The van der Waals surface area contributed by atoms with Crippen LogP contribution in [0.2, 0.25) is 0 Å². The zero-order chi connectivity index (χ0) is 10.1. The lowest BCUT2D eigenvalue weighted by Gasteiger charge is -2.00. The van der Waals surface area contributed by atoms with Gasteiger partial charge in [-0.3, -0.25) is 9.79 Å². The number of aliphatic imine (C=N–C) groups is 1. The van der Waals surface area contributed by atoms with Gasteiger partial charge in [0.05, 0.1) is 11.0 Å². The van der Waals surface area contributed by atoms with E-state index < -0.39 is 0 Å². The fourth-order valence-electron chi connectivity index (χ4n) is 1.61. The topological polar surface area (TPSA) is 29.4 Å². The monoisotopic (exact) mass is 251 g/mol. The molecule has 1 heterocycles. The lowest BCUT2D eigenvalue weighted by Crippen LogP contribution is -2.00. The molecule has 1 aliphatic heterocycles. The van der Waals surface area contributed by atoms with Crippen LogP contribution in [0.3, 0.4) is 0 Å². The molecule has 0 aromatic heterocycles. The van der Waals surface area contributed by atoms with Crippen LogP contribution in [-0.4, -0.2) is 16.8 Å². The summed E-state index contributed by atoms with van der Waals surface area (Å²) in [4.78, 5) is 15.8. The number of nitrogens with zero attached hydrogens (tertiary/aromatic N) is 1. The number of Topliss-reactive ketones (excluding diaryl/α,β-unsaturated/α-hetero) is 1. The number of benzene rings is 1. The SMILES string of the molecule is CC1=Nc2ccc(C(=O)CBr)cc2C1. The molecule has 0 spiro atoms. The van der Waals surface area contributed by atoms with Gasteiger partial charge in [-0.2, -0.15) is 0 Å². The van der Waals surface area contributed by atoms with Gasteiger partial charge in [0.15, 0.2) is 5.78 Å². The maximum atomic E-state index is 11.4. The minimum absolute atomic E-state index is 0.123. The molecule has 2 nitrogen and oxygen atoms in total. The van der Waals surface area contributed by atoms with Crippen LogP contribution in [-0.2, 0) is 6.42 Å². The molecular weight excluding hydrogens is 242 g/mol. The van der Waals surface area contributed by atoms with Gasteiger partial charge in [0.2, 0.25) is 0 Å². The molecule has 0 N–H and O–H groups in total. The number of hydrogen-bond acceptors (Lipinski definition) is 2. The average molecular weight is 252 g/mol. The van der Waals surface area contributed by atoms with Crippen molar-refractivity contribution in [2.45, 2.75) is 13.3 Å². The summed E-state index contributed by atoms with van der Waals surface area (Å²) in [5, 5.41) is 0.381. The van der Waals surface area contributed by atoms with Crippen molar-refractivity contribution in [1.82, 2.24) is 0 Å². The predicted octanol–water partition coefficient (Wildman–Crippen LogP) is 2.91. The Kier molecular flexibility index (Phi) is 2.50. The summed E-state index contributed by atoms with van der Waals surface area (Å²) in [6, 6.07) is 5.70. The van der Waals surface area contributed by atoms with Gasteiger partial charge in [0.1, 0.15) is 0 Å². The van der Waals surface area contributed by atoms with E-state index in [2.05, 4.69) is 20.9 Å². The summed E-state index contributed by atoms with van der Waals surface area (Å²) in [6.07, 6.45) is 0.874. The number of ketones is 1. The van der Waals surface area contributed by atoms with E-state index in [0.29, 0.717) is 5.33 Å². The third-order valence-electron chi connectivity index (χ3n) is 2.28. The van der Waals surface area contributed by atoms with E-state index in [1.54, 1.807) is 0 Å². The van der Waals surface area contributed by atoms with Crippen molar-refractivity contribution < 1.29 is 4.79 Å². The molecule has 0 saturated carbocycles. The molecule has 1 aromatic rings. The number of carbonyl (C=O) groups excluding carboxylic acids is 1. The molecular formula is C11H10BrNO. The Balaban J connectivity index is 2.37. The van der Waals surface area contributed by atoms with Gasteiger partial charge in [-0.05, 0) is 30.7 Å². The Morgan fingerprint density at radius 3 is 3.07 bits per heavy atom. The molecule has 72 valence electrons. The quantitative estimate of drug-likeness (QED) is 0.587. The third-order valence-corrected chi connectivity index (χ3v) is 2.79. The fourth-order valence-corrected chi connectivity index (χ4v) is 1.93. The molecule has 0 atom stereocenters.